The normalized spacial score (nSPS) is 25.6. The summed E-state index contributed by atoms with van der Waals surface area (Å²) in [5, 5.41) is 8.88. The molecule has 0 aliphatic carbocycles. The monoisotopic (exact) mass is 424 g/mol. The number of halogens is 1. The molecular weight excluding hydrogens is 395 g/mol. The number of benzene rings is 2. The first-order chi connectivity index (χ1) is 14.9. The van der Waals surface area contributed by atoms with E-state index in [4.69, 9.17) is 0 Å². The van der Waals surface area contributed by atoms with Gasteiger partial charge in [0.25, 0.3) is 0 Å². The molecule has 0 bridgehead atoms. The number of nitrogens with one attached hydrogen (secondary N) is 3. The number of hydrogen-bond donors (Lipinski definition) is 3. The minimum absolute atomic E-state index is 0.0478. The summed E-state index contributed by atoms with van der Waals surface area (Å²) in [5.41, 5.74) is 1.89. The summed E-state index contributed by atoms with van der Waals surface area (Å²) < 4.78 is 14.5. The van der Waals surface area contributed by atoms with Crippen molar-refractivity contribution < 1.29 is 14.0 Å². The average Bonchev–Trinajstić information content (AvgIpc) is 3.05. The molecule has 0 spiro atoms. The number of hydrogen-bond acceptors (Lipinski definition) is 4. The molecule has 2 unspecified atom stereocenters. The van der Waals surface area contributed by atoms with Gasteiger partial charge >= 0.3 is 0 Å². The second-order valence-corrected chi connectivity index (χ2v) is 8.41. The molecule has 31 heavy (non-hydrogen) atoms. The van der Waals surface area contributed by atoms with Crippen molar-refractivity contribution in [2.45, 2.75) is 31.7 Å². The molecule has 4 rings (SSSR count). The number of anilines is 2. The van der Waals surface area contributed by atoms with E-state index >= 15 is 0 Å². The Morgan fingerprint density at radius 1 is 1.29 bits per heavy atom. The molecule has 2 aromatic carbocycles. The summed E-state index contributed by atoms with van der Waals surface area (Å²) in [6.45, 7) is 5.41. The van der Waals surface area contributed by atoms with E-state index in [0.717, 1.165) is 12.0 Å². The molecule has 0 radical (unpaired) electrons. The fourth-order valence-corrected chi connectivity index (χ4v) is 5.04. The molecule has 2 heterocycles. The Bertz CT molecular complexity index is 997. The van der Waals surface area contributed by atoms with E-state index in [2.05, 4.69) is 16.0 Å². The third-order valence-corrected chi connectivity index (χ3v) is 6.73. The van der Waals surface area contributed by atoms with Gasteiger partial charge in [0.15, 0.2) is 0 Å². The average molecular weight is 425 g/mol. The molecule has 0 saturated carbocycles. The van der Waals surface area contributed by atoms with Crippen molar-refractivity contribution >= 4 is 23.2 Å². The first-order valence-electron chi connectivity index (χ1n) is 10.8. The van der Waals surface area contributed by atoms with Crippen LogP contribution < -0.4 is 16.0 Å². The summed E-state index contributed by atoms with van der Waals surface area (Å²) >= 11 is 0. The van der Waals surface area contributed by atoms with Crippen LogP contribution in [0.1, 0.15) is 37.3 Å². The van der Waals surface area contributed by atoms with Crippen molar-refractivity contribution in [3.8, 4) is 0 Å². The summed E-state index contributed by atoms with van der Waals surface area (Å²) in [6, 6.07) is 12.9. The Labute approximate surface area is 182 Å². The van der Waals surface area contributed by atoms with Crippen molar-refractivity contribution in [3.63, 3.8) is 0 Å². The van der Waals surface area contributed by atoms with Crippen LogP contribution in [0, 0.1) is 11.7 Å². The van der Waals surface area contributed by atoms with Crippen molar-refractivity contribution in [2.24, 2.45) is 5.92 Å². The Morgan fingerprint density at radius 2 is 2.03 bits per heavy atom. The molecule has 2 aliphatic heterocycles. The Balaban J connectivity index is 1.71. The molecule has 7 heteroatoms. The molecule has 164 valence electrons. The lowest BCUT2D eigenvalue weighted by Gasteiger charge is -2.44. The van der Waals surface area contributed by atoms with Gasteiger partial charge in [0.05, 0.1) is 17.3 Å². The lowest BCUT2D eigenvalue weighted by molar-refractivity contribution is -0.134. The fraction of sp³-hybridized carbons (Fsp3) is 0.417. The van der Waals surface area contributed by atoms with Crippen LogP contribution in [0.4, 0.5) is 15.8 Å². The van der Waals surface area contributed by atoms with Gasteiger partial charge in [-0.2, -0.15) is 0 Å². The second-order valence-electron chi connectivity index (χ2n) is 8.41. The zero-order valence-corrected chi connectivity index (χ0v) is 18.2. The number of carbonyl (C=O) groups excluding carboxylic acids is 2. The zero-order valence-electron chi connectivity index (χ0n) is 18.2. The molecule has 1 saturated heterocycles. The molecule has 0 aromatic heterocycles. The van der Waals surface area contributed by atoms with Crippen LogP contribution in [-0.4, -0.2) is 43.4 Å². The molecule has 2 aromatic rings. The van der Waals surface area contributed by atoms with Crippen LogP contribution in [0.3, 0.4) is 0 Å². The van der Waals surface area contributed by atoms with Crippen LogP contribution in [0.25, 0.3) is 0 Å². The first kappa shape index (κ1) is 21.3. The third kappa shape index (κ3) is 3.57. The maximum atomic E-state index is 14.5. The Hall–Kier alpha value is -2.93. The predicted octanol–water partition coefficient (Wildman–Crippen LogP) is 3.28. The van der Waals surface area contributed by atoms with Gasteiger partial charge in [-0.1, -0.05) is 30.3 Å². The van der Waals surface area contributed by atoms with Gasteiger partial charge in [0.2, 0.25) is 11.8 Å². The van der Waals surface area contributed by atoms with Crippen LogP contribution in [-0.2, 0) is 15.1 Å². The zero-order chi connectivity index (χ0) is 22.2. The predicted molar refractivity (Wildman–Crippen MR) is 119 cm³/mol. The molecule has 1 fully saturated rings. The molecule has 2 aliphatic rings. The molecule has 3 atom stereocenters. The number of amides is 2. The molecule has 2 amide bonds. The van der Waals surface area contributed by atoms with Crippen LogP contribution in [0.2, 0.25) is 0 Å². The summed E-state index contributed by atoms with van der Waals surface area (Å²) in [4.78, 5) is 28.1. The van der Waals surface area contributed by atoms with Gasteiger partial charge in [-0.3, -0.25) is 14.5 Å². The number of likely N-dealkylation sites (tertiary alicyclic amines) is 1. The van der Waals surface area contributed by atoms with Gasteiger partial charge < -0.3 is 16.0 Å². The molecule has 6 nitrogen and oxygen atoms in total. The van der Waals surface area contributed by atoms with Gasteiger partial charge in [-0.25, -0.2) is 4.39 Å². The van der Waals surface area contributed by atoms with Crippen LogP contribution in [0.5, 0.6) is 0 Å². The van der Waals surface area contributed by atoms with E-state index in [-0.39, 0.29) is 29.5 Å². The number of carbonyl (C=O) groups is 2. The number of fused-ring (bicyclic) bond motifs is 1. The second kappa shape index (κ2) is 8.30. The van der Waals surface area contributed by atoms with Crippen LogP contribution in [0.15, 0.2) is 42.5 Å². The van der Waals surface area contributed by atoms with E-state index in [1.54, 1.807) is 7.05 Å². The van der Waals surface area contributed by atoms with Crippen molar-refractivity contribution in [2.75, 3.05) is 37.3 Å². The quantitative estimate of drug-likeness (QED) is 0.689. The number of nitrogens with zero attached hydrogens (tertiary/aromatic N) is 1. The van der Waals surface area contributed by atoms with E-state index < -0.39 is 5.54 Å². The number of piperidine rings is 1. The van der Waals surface area contributed by atoms with E-state index in [9.17, 15) is 14.0 Å². The summed E-state index contributed by atoms with van der Waals surface area (Å²) in [7, 11) is 1.64. The van der Waals surface area contributed by atoms with Gasteiger partial charge in [0.1, 0.15) is 11.4 Å². The fourth-order valence-electron chi connectivity index (χ4n) is 5.04. The Morgan fingerprint density at radius 3 is 2.71 bits per heavy atom. The SMILES string of the molecule is CCNc1cc(F)cc2c1NC(=O)[C@]2(C)N1CCC(c2ccccc2)C(C(=O)NC)C1. The smallest absolute Gasteiger partial charge is 0.249 e. The summed E-state index contributed by atoms with van der Waals surface area (Å²) in [5.74, 6) is -0.875. The van der Waals surface area contributed by atoms with E-state index in [1.165, 1.54) is 12.1 Å². The standard InChI is InChI=1S/C24H29FN4O2/c1-4-27-20-13-16(25)12-19-21(20)28-23(31)24(19,2)29-11-10-17(15-8-6-5-7-9-15)18(14-29)22(30)26-3/h5-9,12-13,17-18,27H,4,10-11,14H2,1-3H3,(H,26,30)(H,28,31)/t17?,18?,24-/m1/s1. The van der Waals surface area contributed by atoms with Gasteiger partial charge in [-0.05, 0) is 43.9 Å². The van der Waals surface area contributed by atoms with Gasteiger partial charge in [-0.15, -0.1) is 0 Å². The highest BCUT2D eigenvalue weighted by Gasteiger charge is 2.51. The molecular formula is C24H29FN4O2. The highest BCUT2D eigenvalue weighted by Crippen LogP contribution is 2.47. The largest absolute Gasteiger partial charge is 0.384 e. The van der Waals surface area contributed by atoms with Crippen molar-refractivity contribution in [3.05, 3.63) is 59.4 Å². The summed E-state index contributed by atoms with van der Waals surface area (Å²) in [6.07, 6.45) is 0.732. The number of rotatable bonds is 5. The Kier molecular flexibility index (Phi) is 5.71. The molecule has 3 N–H and O–H groups in total. The topological polar surface area (TPSA) is 73.5 Å². The lowest BCUT2D eigenvalue weighted by atomic mass is 9.77. The van der Waals surface area contributed by atoms with Gasteiger partial charge in [0, 0.05) is 32.2 Å². The highest BCUT2D eigenvalue weighted by atomic mass is 19.1. The van der Waals surface area contributed by atoms with Crippen molar-refractivity contribution in [1.29, 1.82) is 0 Å². The maximum absolute atomic E-state index is 14.5. The minimum atomic E-state index is -1.05. The van der Waals surface area contributed by atoms with Crippen LogP contribution >= 0.6 is 0 Å². The van der Waals surface area contributed by atoms with E-state index in [0.29, 0.717) is 36.6 Å². The first-order valence-corrected chi connectivity index (χ1v) is 10.8. The third-order valence-electron chi connectivity index (χ3n) is 6.73. The van der Waals surface area contributed by atoms with Crippen molar-refractivity contribution in [1.82, 2.24) is 10.2 Å². The lowest BCUT2D eigenvalue weighted by Crippen LogP contribution is -2.56. The highest BCUT2D eigenvalue weighted by molar-refractivity contribution is 6.08. The minimum Gasteiger partial charge on any atom is -0.384 e. The maximum Gasteiger partial charge on any atom is 0.249 e. The van der Waals surface area contributed by atoms with E-state index in [1.807, 2.05) is 49.1 Å².